The van der Waals surface area contributed by atoms with E-state index in [-0.39, 0.29) is 11.8 Å². The second kappa shape index (κ2) is 5.64. The second-order valence-electron chi connectivity index (χ2n) is 5.67. The first kappa shape index (κ1) is 14.3. The summed E-state index contributed by atoms with van der Waals surface area (Å²) in [6, 6.07) is 18.6. The number of aliphatic carboxylic acids is 1. The number of amides is 1. The van der Waals surface area contributed by atoms with Crippen LogP contribution in [0.2, 0.25) is 0 Å². The van der Waals surface area contributed by atoms with Crippen molar-refractivity contribution in [3.63, 3.8) is 0 Å². The van der Waals surface area contributed by atoms with Crippen molar-refractivity contribution < 1.29 is 14.7 Å². The molecule has 2 aromatic carbocycles. The monoisotopic (exact) mass is 295 g/mol. The third kappa shape index (κ3) is 2.26. The van der Waals surface area contributed by atoms with Crippen LogP contribution >= 0.6 is 0 Å². The number of hydrogen-bond donors (Lipinski definition) is 2. The zero-order valence-corrected chi connectivity index (χ0v) is 11.9. The van der Waals surface area contributed by atoms with Crippen LogP contribution in [-0.4, -0.2) is 17.0 Å². The minimum atomic E-state index is -0.889. The van der Waals surface area contributed by atoms with Crippen LogP contribution in [-0.2, 0) is 9.59 Å². The highest BCUT2D eigenvalue weighted by molar-refractivity contribution is 5.86. The summed E-state index contributed by atoms with van der Waals surface area (Å²) < 4.78 is 0. The molecule has 1 aliphatic carbocycles. The number of nitrogens with two attached hydrogens (primary N) is 1. The molecule has 1 aliphatic rings. The first-order valence-electron chi connectivity index (χ1n) is 7.23. The van der Waals surface area contributed by atoms with Crippen LogP contribution in [0.5, 0.6) is 0 Å². The van der Waals surface area contributed by atoms with E-state index >= 15 is 0 Å². The van der Waals surface area contributed by atoms with Crippen molar-refractivity contribution in [3.05, 3.63) is 71.8 Å². The normalized spacial score (nSPS) is 26.9. The zero-order chi connectivity index (χ0) is 15.7. The summed E-state index contributed by atoms with van der Waals surface area (Å²) in [5.74, 6) is -3.21. The van der Waals surface area contributed by atoms with Crippen molar-refractivity contribution in [2.45, 2.75) is 11.8 Å². The molecule has 0 radical (unpaired) electrons. The van der Waals surface area contributed by atoms with Crippen molar-refractivity contribution in [3.8, 4) is 0 Å². The maximum absolute atomic E-state index is 11.9. The summed E-state index contributed by atoms with van der Waals surface area (Å²) in [6.45, 7) is 0. The van der Waals surface area contributed by atoms with E-state index in [1.165, 1.54) is 0 Å². The van der Waals surface area contributed by atoms with Gasteiger partial charge < -0.3 is 10.8 Å². The van der Waals surface area contributed by atoms with E-state index in [1.807, 2.05) is 60.7 Å². The Morgan fingerprint density at radius 1 is 0.773 bits per heavy atom. The third-order valence-corrected chi connectivity index (χ3v) is 4.53. The van der Waals surface area contributed by atoms with E-state index in [4.69, 9.17) is 5.73 Å². The second-order valence-corrected chi connectivity index (χ2v) is 5.67. The van der Waals surface area contributed by atoms with Gasteiger partial charge in [0.25, 0.3) is 0 Å². The standard InChI is InChI=1S/C18H17NO3/c19-17(20)15-13(11-7-3-1-4-8-11)16(18(21)22)14(15)12-9-5-2-6-10-12/h1-10,13-16H,(H2,19,20)(H,21,22)/t13-,14-,15?,16?/m0/s1. The molecule has 0 aromatic heterocycles. The summed E-state index contributed by atoms with van der Waals surface area (Å²) in [4.78, 5) is 23.7. The number of rotatable bonds is 4. The number of carbonyl (C=O) groups is 2. The molecule has 0 bridgehead atoms. The van der Waals surface area contributed by atoms with Crippen molar-refractivity contribution in [1.82, 2.24) is 0 Å². The molecule has 3 N–H and O–H groups in total. The van der Waals surface area contributed by atoms with Crippen LogP contribution in [0.3, 0.4) is 0 Å². The van der Waals surface area contributed by atoms with E-state index in [0.29, 0.717) is 0 Å². The lowest BCUT2D eigenvalue weighted by atomic mass is 9.52. The number of hydrogen-bond acceptors (Lipinski definition) is 2. The van der Waals surface area contributed by atoms with E-state index < -0.39 is 23.7 Å². The molecule has 4 nitrogen and oxygen atoms in total. The Morgan fingerprint density at radius 2 is 1.18 bits per heavy atom. The molecule has 112 valence electrons. The summed E-state index contributed by atoms with van der Waals surface area (Å²) in [5, 5.41) is 9.64. The van der Waals surface area contributed by atoms with Crippen LogP contribution in [0, 0.1) is 11.8 Å². The molecule has 0 aliphatic heterocycles. The molecule has 0 saturated heterocycles. The molecule has 2 aromatic rings. The van der Waals surface area contributed by atoms with Gasteiger partial charge in [-0.3, -0.25) is 9.59 Å². The summed E-state index contributed by atoms with van der Waals surface area (Å²) >= 11 is 0. The van der Waals surface area contributed by atoms with Gasteiger partial charge in [0.05, 0.1) is 11.8 Å². The first-order valence-corrected chi connectivity index (χ1v) is 7.23. The smallest absolute Gasteiger partial charge is 0.307 e. The largest absolute Gasteiger partial charge is 0.481 e. The Hall–Kier alpha value is -2.62. The van der Waals surface area contributed by atoms with Gasteiger partial charge in [0.1, 0.15) is 0 Å². The van der Waals surface area contributed by atoms with Gasteiger partial charge in [-0.25, -0.2) is 0 Å². The third-order valence-electron chi connectivity index (χ3n) is 4.53. The Labute approximate surface area is 128 Å². The lowest BCUT2D eigenvalue weighted by molar-refractivity contribution is -0.152. The van der Waals surface area contributed by atoms with Gasteiger partial charge in [-0.05, 0) is 11.1 Å². The Kier molecular flexibility index (Phi) is 3.67. The quantitative estimate of drug-likeness (QED) is 0.908. The molecule has 1 fully saturated rings. The van der Waals surface area contributed by atoms with Crippen LogP contribution in [0.1, 0.15) is 23.0 Å². The van der Waals surface area contributed by atoms with Crippen molar-refractivity contribution in [2.75, 3.05) is 0 Å². The van der Waals surface area contributed by atoms with E-state index in [0.717, 1.165) is 11.1 Å². The van der Waals surface area contributed by atoms with Crippen molar-refractivity contribution in [2.24, 2.45) is 17.6 Å². The number of carboxylic acids is 1. The van der Waals surface area contributed by atoms with E-state index in [1.54, 1.807) is 0 Å². The van der Waals surface area contributed by atoms with Crippen LogP contribution in [0.15, 0.2) is 60.7 Å². The molecular formula is C18H17NO3. The highest BCUT2D eigenvalue weighted by atomic mass is 16.4. The Bertz CT molecular complexity index is 614. The highest BCUT2D eigenvalue weighted by Gasteiger charge is 2.57. The fraction of sp³-hybridized carbons (Fsp3) is 0.222. The molecule has 1 amide bonds. The fourth-order valence-corrected chi connectivity index (χ4v) is 3.59. The van der Waals surface area contributed by atoms with E-state index in [2.05, 4.69) is 0 Å². The van der Waals surface area contributed by atoms with Crippen LogP contribution in [0.25, 0.3) is 0 Å². The SMILES string of the molecule is NC(=O)C1[C@H](c2ccccc2)C(C(=O)O)[C@H]1c1ccccc1. The summed E-state index contributed by atoms with van der Waals surface area (Å²) in [6.07, 6.45) is 0. The predicted octanol–water partition coefficient (Wildman–Crippen LogP) is 2.37. The topological polar surface area (TPSA) is 80.4 Å². The minimum Gasteiger partial charge on any atom is -0.481 e. The lowest BCUT2D eigenvalue weighted by Crippen LogP contribution is -2.52. The molecule has 1 saturated carbocycles. The van der Waals surface area contributed by atoms with Gasteiger partial charge in [-0.1, -0.05) is 60.7 Å². The molecule has 3 rings (SSSR count). The van der Waals surface area contributed by atoms with E-state index in [9.17, 15) is 14.7 Å². The van der Waals surface area contributed by atoms with Gasteiger partial charge >= 0.3 is 5.97 Å². The number of carbonyl (C=O) groups excluding carboxylic acids is 1. The first-order chi connectivity index (χ1) is 10.6. The molecule has 22 heavy (non-hydrogen) atoms. The molecule has 0 unspecified atom stereocenters. The Balaban J connectivity index is 2.04. The van der Waals surface area contributed by atoms with Gasteiger partial charge in [0, 0.05) is 11.8 Å². The fourth-order valence-electron chi connectivity index (χ4n) is 3.59. The van der Waals surface area contributed by atoms with Gasteiger partial charge in [0.15, 0.2) is 0 Å². The molecule has 0 spiro atoms. The average molecular weight is 295 g/mol. The van der Waals surface area contributed by atoms with Gasteiger partial charge in [0.2, 0.25) is 5.91 Å². The van der Waals surface area contributed by atoms with Crippen molar-refractivity contribution >= 4 is 11.9 Å². The van der Waals surface area contributed by atoms with Gasteiger partial charge in [-0.15, -0.1) is 0 Å². The zero-order valence-electron chi connectivity index (χ0n) is 11.9. The molecule has 0 heterocycles. The highest BCUT2D eigenvalue weighted by Crippen LogP contribution is 2.57. The van der Waals surface area contributed by atoms with Crippen LogP contribution < -0.4 is 5.73 Å². The minimum absolute atomic E-state index is 0.374. The Morgan fingerprint density at radius 3 is 1.50 bits per heavy atom. The van der Waals surface area contributed by atoms with Gasteiger partial charge in [-0.2, -0.15) is 0 Å². The summed E-state index contributed by atoms with van der Waals surface area (Å²) in [5.41, 5.74) is 7.29. The number of carboxylic acid groups (broad SMARTS) is 1. The lowest BCUT2D eigenvalue weighted by Gasteiger charge is -2.49. The molecular weight excluding hydrogens is 278 g/mol. The van der Waals surface area contributed by atoms with Crippen molar-refractivity contribution in [1.29, 1.82) is 0 Å². The molecule has 2 atom stereocenters. The maximum Gasteiger partial charge on any atom is 0.307 e. The summed E-state index contributed by atoms with van der Waals surface area (Å²) in [7, 11) is 0. The number of primary amides is 1. The maximum atomic E-state index is 11.9. The number of benzene rings is 2. The molecule has 4 heteroatoms. The van der Waals surface area contributed by atoms with Crippen LogP contribution in [0.4, 0.5) is 0 Å². The predicted molar refractivity (Wildman–Crippen MR) is 82.2 cm³/mol. The average Bonchev–Trinajstić information content (AvgIpc) is 2.47.